The van der Waals surface area contributed by atoms with Gasteiger partial charge in [0.2, 0.25) is 0 Å². The second-order valence-corrected chi connectivity index (χ2v) is 5.30. The van der Waals surface area contributed by atoms with Crippen LogP contribution < -0.4 is 0 Å². The van der Waals surface area contributed by atoms with Crippen molar-refractivity contribution in [2.75, 3.05) is 13.2 Å². The quantitative estimate of drug-likeness (QED) is 0.471. The summed E-state index contributed by atoms with van der Waals surface area (Å²) in [7, 11) is -4.00. The smallest absolute Gasteiger partial charge is 0.331 e. The van der Waals surface area contributed by atoms with Crippen LogP contribution in [0.5, 0.6) is 0 Å². The van der Waals surface area contributed by atoms with E-state index in [0.29, 0.717) is 6.61 Å². The molecule has 0 atom stereocenters. The normalized spacial score (nSPS) is 10.3. The zero-order valence-electron chi connectivity index (χ0n) is 11.4. The average molecular weight is 304 g/mol. The minimum absolute atomic E-state index is 0.0741. The van der Waals surface area contributed by atoms with Gasteiger partial charge in [-0.2, -0.15) is 8.42 Å². The van der Waals surface area contributed by atoms with E-state index in [0.717, 1.165) is 19.3 Å². The van der Waals surface area contributed by atoms with Crippen LogP contribution in [0.25, 0.3) is 0 Å². The minimum atomic E-state index is -4.00. The fraction of sp³-hybridized carbons (Fsp3) is 0.462. The lowest BCUT2D eigenvalue weighted by Crippen LogP contribution is -2.09. The summed E-state index contributed by atoms with van der Waals surface area (Å²) in [4.78, 5) is 10.2. The van der Waals surface area contributed by atoms with E-state index in [-0.39, 0.29) is 4.90 Å². The molecule has 1 aromatic carbocycles. The van der Waals surface area contributed by atoms with Gasteiger partial charge in [0.15, 0.2) is 0 Å². The molecule has 2 N–H and O–H groups in total. The first kappa shape index (κ1) is 18.6. The molecule has 1 rings (SSSR count). The van der Waals surface area contributed by atoms with E-state index in [9.17, 15) is 13.2 Å². The molecular formula is C13H20O6S. The van der Waals surface area contributed by atoms with Crippen LogP contribution in [0.15, 0.2) is 35.2 Å². The van der Waals surface area contributed by atoms with Crippen LogP contribution >= 0.6 is 0 Å². The number of aliphatic hydroxyl groups is 1. The summed E-state index contributed by atoms with van der Waals surface area (Å²) in [6.45, 7) is 2.01. The topological polar surface area (TPSA) is 101 Å². The molecule has 0 aliphatic heterocycles. The number of esters is 1. The van der Waals surface area contributed by atoms with Crippen LogP contribution in [0.4, 0.5) is 0 Å². The van der Waals surface area contributed by atoms with Gasteiger partial charge in [-0.25, -0.2) is 4.79 Å². The molecule has 0 aliphatic carbocycles. The Kier molecular flexibility index (Phi) is 9.61. The Morgan fingerprint density at radius 2 is 1.80 bits per heavy atom. The van der Waals surface area contributed by atoms with Crippen molar-refractivity contribution < 1.29 is 27.6 Å². The van der Waals surface area contributed by atoms with E-state index in [1.165, 1.54) is 12.1 Å². The number of unbranched alkanes of at least 4 members (excludes halogenated alkanes) is 2. The third-order valence-electron chi connectivity index (χ3n) is 2.18. The standard InChI is InChI=1S/C7H14O3.C6H6O3S/c1-2-3-4-5-10-7(9)6-8;7-10(8,9)6-4-2-1-3-5-6/h8H,2-6H2,1H3;1-5H,(H,7,8,9). The van der Waals surface area contributed by atoms with E-state index in [2.05, 4.69) is 11.7 Å². The molecule has 0 saturated heterocycles. The van der Waals surface area contributed by atoms with Crippen LogP contribution in [-0.2, 0) is 19.6 Å². The molecule has 0 spiro atoms. The Morgan fingerprint density at radius 3 is 2.20 bits per heavy atom. The number of hydrogen-bond acceptors (Lipinski definition) is 5. The zero-order chi connectivity index (χ0) is 15.4. The van der Waals surface area contributed by atoms with Gasteiger partial charge in [0.25, 0.3) is 10.1 Å². The van der Waals surface area contributed by atoms with Gasteiger partial charge in [-0.15, -0.1) is 0 Å². The first-order valence-corrected chi connectivity index (χ1v) is 7.64. The van der Waals surface area contributed by atoms with Crippen molar-refractivity contribution in [1.29, 1.82) is 0 Å². The average Bonchev–Trinajstić information content (AvgIpc) is 2.44. The number of carbonyl (C=O) groups excluding carboxylic acids is 1. The highest BCUT2D eigenvalue weighted by atomic mass is 32.2. The van der Waals surface area contributed by atoms with Crippen LogP contribution in [0.2, 0.25) is 0 Å². The van der Waals surface area contributed by atoms with E-state index < -0.39 is 22.7 Å². The molecule has 20 heavy (non-hydrogen) atoms. The number of benzene rings is 1. The van der Waals surface area contributed by atoms with Gasteiger partial charge < -0.3 is 9.84 Å². The second kappa shape index (κ2) is 10.4. The van der Waals surface area contributed by atoms with E-state index in [1.807, 2.05) is 0 Å². The molecule has 0 unspecified atom stereocenters. The van der Waals surface area contributed by atoms with Crippen molar-refractivity contribution in [3.63, 3.8) is 0 Å². The van der Waals surface area contributed by atoms with Crippen LogP contribution in [-0.4, -0.2) is 37.3 Å². The third-order valence-corrected chi connectivity index (χ3v) is 3.05. The summed E-state index contributed by atoms with van der Waals surface area (Å²) in [6.07, 6.45) is 3.07. The van der Waals surface area contributed by atoms with Gasteiger partial charge in [-0.3, -0.25) is 4.55 Å². The van der Waals surface area contributed by atoms with Crippen LogP contribution in [0, 0.1) is 0 Å². The molecule has 7 heteroatoms. The highest BCUT2D eigenvalue weighted by molar-refractivity contribution is 7.85. The van der Waals surface area contributed by atoms with E-state index >= 15 is 0 Å². The van der Waals surface area contributed by atoms with Gasteiger partial charge in [-0.05, 0) is 18.6 Å². The van der Waals surface area contributed by atoms with Gasteiger partial charge in [-0.1, -0.05) is 38.0 Å². The number of carbonyl (C=O) groups is 1. The van der Waals surface area contributed by atoms with Crippen molar-refractivity contribution in [3.8, 4) is 0 Å². The maximum Gasteiger partial charge on any atom is 0.331 e. The van der Waals surface area contributed by atoms with Gasteiger partial charge in [0.05, 0.1) is 11.5 Å². The summed E-state index contributed by atoms with van der Waals surface area (Å²) in [6, 6.07) is 7.42. The first-order valence-electron chi connectivity index (χ1n) is 6.20. The SMILES string of the molecule is CCCCCOC(=O)CO.O=S(=O)(O)c1ccccc1. The predicted octanol–water partition coefficient (Wildman–Crippen LogP) is 1.65. The highest BCUT2D eigenvalue weighted by Crippen LogP contribution is 2.05. The zero-order valence-corrected chi connectivity index (χ0v) is 12.2. The Bertz CT molecular complexity index is 469. The van der Waals surface area contributed by atoms with Crippen LogP contribution in [0.3, 0.4) is 0 Å². The Hall–Kier alpha value is -1.44. The molecule has 0 saturated carbocycles. The summed E-state index contributed by atoms with van der Waals surface area (Å²) in [5.41, 5.74) is 0. The highest BCUT2D eigenvalue weighted by Gasteiger charge is 2.05. The van der Waals surface area contributed by atoms with Gasteiger partial charge in [0.1, 0.15) is 6.61 Å². The number of ether oxygens (including phenoxy) is 1. The lowest BCUT2D eigenvalue weighted by molar-refractivity contribution is -0.147. The predicted molar refractivity (Wildman–Crippen MR) is 73.8 cm³/mol. The Balaban J connectivity index is 0.000000361. The second-order valence-electron chi connectivity index (χ2n) is 3.87. The number of rotatable bonds is 6. The molecule has 0 aliphatic rings. The van der Waals surface area contributed by atoms with Crippen molar-refractivity contribution in [1.82, 2.24) is 0 Å². The molecule has 114 valence electrons. The first-order chi connectivity index (χ1) is 9.41. The molecular weight excluding hydrogens is 284 g/mol. The number of aliphatic hydroxyl groups excluding tert-OH is 1. The van der Waals surface area contributed by atoms with E-state index in [1.54, 1.807) is 18.2 Å². The van der Waals surface area contributed by atoms with Crippen molar-refractivity contribution >= 4 is 16.1 Å². The molecule has 6 nitrogen and oxygen atoms in total. The molecule has 0 amide bonds. The largest absolute Gasteiger partial charge is 0.464 e. The summed E-state index contributed by atoms with van der Waals surface area (Å²) < 4.78 is 33.8. The van der Waals surface area contributed by atoms with Crippen molar-refractivity contribution in [3.05, 3.63) is 30.3 Å². The third kappa shape index (κ3) is 9.48. The summed E-state index contributed by atoms with van der Waals surface area (Å²) >= 11 is 0. The Labute approximate surface area is 119 Å². The molecule has 0 fully saturated rings. The van der Waals surface area contributed by atoms with E-state index in [4.69, 9.17) is 9.66 Å². The fourth-order valence-electron chi connectivity index (χ4n) is 1.18. The lowest BCUT2D eigenvalue weighted by Gasteiger charge is -2.00. The molecule has 0 heterocycles. The molecule has 0 bridgehead atoms. The van der Waals surface area contributed by atoms with Crippen LogP contribution in [0.1, 0.15) is 26.2 Å². The molecule has 0 radical (unpaired) electrons. The van der Waals surface area contributed by atoms with Gasteiger partial charge in [0, 0.05) is 0 Å². The fourth-order valence-corrected chi connectivity index (χ4v) is 1.68. The monoisotopic (exact) mass is 304 g/mol. The minimum Gasteiger partial charge on any atom is -0.464 e. The summed E-state index contributed by atoms with van der Waals surface area (Å²) in [5, 5.41) is 8.22. The van der Waals surface area contributed by atoms with Crippen molar-refractivity contribution in [2.45, 2.75) is 31.1 Å². The number of hydrogen-bond donors (Lipinski definition) is 2. The molecule has 0 aromatic heterocycles. The summed E-state index contributed by atoms with van der Waals surface area (Å²) in [5.74, 6) is -0.531. The Morgan fingerprint density at radius 1 is 1.20 bits per heavy atom. The van der Waals surface area contributed by atoms with Crippen molar-refractivity contribution in [2.24, 2.45) is 0 Å². The molecule has 1 aromatic rings. The maximum absolute atomic E-state index is 10.4. The maximum atomic E-state index is 10.4. The lowest BCUT2D eigenvalue weighted by atomic mass is 10.3. The van der Waals surface area contributed by atoms with Gasteiger partial charge >= 0.3 is 5.97 Å².